The van der Waals surface area contributed by atoms with Gasteiger partial charge in [-0.2, -0.15) is 0 Å². The van der Waals surface area contributed by atoms with Crippen molar-refractivity contribution >= 4 is 11.9 Å². The molecular formula is C11H14O4. The maximum atomic E-state index is 11.9. The molecule has 1 aliphatic heterocycles. The lowest BCUT2D eigenvalue weighted by Gasteiger charge is -2.38. The van der Waals surface area contributed by atoms with Gasteiger partial charge >= 0.3 is 11.9 Å². The Bertz CT molecular complexity index is 334. The van der Waals surface area contributed by atoms with Crippen molar-refractivity contribution in [1.29, 1.82) is 0 Å². The number of cyclic esters (lactones) is 2. The van der Waals surface area contributed by atoms with Gasteiger partial charge in [-0.3, -0.25) is 9.59 Å². The van der Waals surface area contributed by atoms with Crippen molar-refractivity contribution in [2.24, 2.45) is 5.41 Å². The SMILES string of the molecule is C=C1CCCC12C(=O)OC(C)(C)OC2=O. The van der Waals surface area contributed by atoms with Gasteiger partial charge in [0.05, 0.1) is 0 Å². The molecule has 0 radical (unpaired) electrons. The number of esters is 2. The highest BCUT2D eigenvalue weighted by Crippen LogP contribution is 2.47. The number of hydrogen-bond donors (Lipinski definition) is 0. The van der Waals surface area contributed by atoms with Gasteiger partial charge in [0, 0.05) is 13.8 Å². The lowest BCUT2D eigenvalue weighted by atomic mass is 9.82. The highest BCUT2D eigenvalue weighted by molar-refractivity contribution is 6.05. The zero-order chi connectivity index (χ0) is 11.3. The topological polar surface area (TPSA) is 52.6 Å². The van der Waals surface area contributed by atoms with Gasteiger partial charge in [-0.25, -0.2) is 0 Å². The van der Waals surface area contributed by atoms with Crippen LogP contribution in [0.2, 0.25) is 0 Å². The molecular weight excluding hydrogens is 196 g/mol. The summed E-state index contributed by atoms with van der Waals surface area (Å²) in [5.74, 6) is -2.17. The van der Waals surface area contributed by atoms with Crippen LogP contribution >= 0.6 is 0 Å². The molecule has 4 heteroatoms. The number of carbonyl (C=O) groups is 2. The Morgan fingerprint density at radius 2 is 1.73 bits per heavy atom. The second kappa shape index (κ2) is 2.84. The van der Waals surface area contributed by atoms with Crippen LogP contribution in [0.15, 0.2) is 12.2 Å². The Kier molecular flexibility index (Phi) is 1.93. The smallest absolute Gasteiger partial charge is 0.330 e. The van der Waals surface area contributed by atoms with Gasteiger partial charge in [0.1, 0.15) is 0 Å². The highest BCUT2D eigenvalue weighted by Gasteiger charge is 2.59. The summed E-state index contributed by atoms with van der Waals surface area (Å²) in [6, 6.07) is 0. The number of hydrogen-bond acceptors (Lipinski definition) is 4. The van der Waals surface area contributed by atoms with Crippen LogP contribution in [0.25, 0.3) is 0 Å². The van der Waals surface area contributed by atoms with E-state index in [9.17, 15) is 9.59 Å². The second-order valence-corrected chi connectivity index (χ2v) is 4.54. The van der Waals surface area contributed by atoms with Crippen molar-refractivity contribution in [2.75, 3.05) is 0 Å². The molecule has 0 aromatic carbocycles. The van der Waals surface area contributed by atoms with E-state index in [1.165, 1.54) is 0 Å². The summed E-state index contributed by atoms with van der Waals surface area (Å²) < 4.78 is 10.2. The molecule has 2 fully saturated rings. The third-order valence-electron chi connectivity index (χ3n) is 3.01. The molecule has 0 N–H and O–H groups in total. The fourth-order valence-electron chi connectivity index (χ4n) is 2.17. The summed E-state index contributed by atoms with van der Waals surface area (Å²) in [4.78, 5) is 23.7. The van der Waals surface area contributed by atoms with E-state index in [4.69, 9.17) is 9.47 Å². The predicted molar refractivity (Wildman–Crippen MR) is 51.7 cm³/mol. The number of carbonyl (C=O) groups excluding carboxylic acids is 2. The maximum Gasteiger partial charge on any atom is 0.330 e. The Morgan fingerprint density at radius 3 is 2.13 bits per heavy atom. The van der Waals surface area contributed by atoms with Crippen LogP contribution in [0.5, 0.6) is 0 Å². The first kappa shape index (κ1) is 10.2. The minimum atomic E-state index is -1.21. The molecule has 0 amide bonds. The minimum absolute atomic E-state index is 0.458. The first-order valence-electron chi connectivity index (χ1n) is 5.04. The zero-order valence-corrected chi connectivity index (χ0v) is 8.96. The molecule has 82 valence electrons. The van der Waals surface area contributed by atoms with Crippen LogP contribution in [0, 0.1) is 5.41 Å². The Labute approximate surface area is 88.2 Å². The fourth-order valence-corrected chi connectivity index (χ4v) is 2.17. The molecule has 0 bridgehead atoms. The molecule has 2 aliphatic rings. The lowest BCUT2D eigenvalue weighted by Crippen LogP contribution is -2.53. The quantitative estimate of drug-likeness (QED) is 0.346. The van der Waals surface area contributed by atoms with Crippen molar-refractivity contribution in [2.45, 2.75) is 38.9 Å². The largest absolute Gasteiger partial charge is 0.422 e. The normalized spacial score (nSPS) is 27.7. The molecule has 0 aromatic heterocycles. The summed E-state index contributed by atoms with van der Waals surface area (Å²) in [7, 11) is 0. The van der Waals surface area contributed by atoms with E-state index < -0.39 is 23.1 Å². The summed E-state index contributed by atoms with van der Waals surface area (Å²) >= 11 is 0. The maximum absolute atomic E-state index is 11.9. The van der Waals surface area contributed by atoms with Gasteiger partial charge in [0.15, 0.2) is 5.41 Å². The molecule has 1 spiro atoms. The average Bonchev–Trinajstić information content (AvgIpc) is 2.43. The minimum Gasteiger partial charge on any atom is -0.422 e. The monoisotopic (exact) mass is 210 g/mol. The third kappa shape index (κ3) is 1.28. The van der Waals surface area contributed by atoms with E-state index >= 15 is 0 Å². The molecule has 1 heterocycles. The summed E-state index contributed by atoms with van der Waals surface area (Å²) in [6.07, 6.45) is 1.92. The fraction of sp³-hybridized carbons (Fsp3) is 0.636. The van der Waals surface area contributed by atoms with Gasteiger partial charge in [0.25, 0.3) is 5.79 Å². The molecule has 1 aliphatic carbocycles. The van der Waals surface area contributed by atoms with E-state index in [0.29, 0.717) is 18.4 Å². The van der Waals surface area contributed by atoms with Crippen molar-refractivity contribution in [1.82, 2.24) is 0 Å². The van der Waals surface area contributed by atoms with Crippen molar-refractivity contribution < 1.29 is 19.1 Å². The van der Waals surface area contributed by atoms with Crippen LogP contribution in [0.4, 0.5) is 0 Å². The van der Waals surface area contributed by atoms with E-state index in [1.807, 2.05) is 0 Å². The van der Waals surface area contributed by atoms with Gasteiger partial charge in [-0.15, -0.1) is 0 Å². The standard InChI is InChI=1S/C11H14O4/c1-7-5-4-6-11(7)8(12)14-10(2,3)15-9(11)13/h1,4-6H2,2-3H3. The zero-order valence-electron chi connectivity index (χ0n) is 8.96. The summed E-state index contributed by atoms with van der Waals surface area (Å²) in [5.41, 5.74) is -0.594. The van der Waals surface area contributed by atoms with Crippen molar-refractivity contribution in [3.63, 3.8) is 0 Å². The van der Waals surface area contributed by atoms with Gasteiger partial charge < -0.3 is 9.47 Å². The molecule has 15 heavy (non-hydrogen) atoms. The summed E-state index contributed by atoms with van der Waals surface area (Å²) in [5, 5.41) is 0. The molecule has 0 atom stereocenters. The number of rotatable bonds is 0. The van der Waals surface area contributed by atoms with E-state index in [0.717, 1.165) is 6.42 Å². The van der Waals surface area contributed by atoms with Gasteiger partial charge in [-0.05, 0) is 24.8 Å². The van der Waals surface area contributed by atoms with Crippen LogP contribution in [-0.4, -0.2) is 17.7 Å². The Morgan fingerprint density at radius 1 is 1.20 bits per heavy atom. The first-order chi connectivity index (χ1) is 6.88. The molecule has 0 aromatic rings. The number of ether oxygens (including phenoxy) is 2. The van der Waals surface area contributed by atoms with Gasteiger partial charge in [0.2, 0.25) is 0 Å². The van der Waals surface area contributed by atoms with Gasteiger partial charge in [-0.1, -0.05) is 6.58 Å². The first-order valence-corrected chi connectivity index (χ1v) is 5.04. The highest BCUT2D eigenvalue weighted by atomic mass is 16.7. The van der Waals surface area contributed by atoms with Crippen LogP contribution in [-0.2, 0) is 19.1 Å². The second-order valence-electron chi connectivity index (χ2n) is 4.54. The van der Waals surface area contributed by atoms with Crippen molar-refractivity contribution in [3.8, 4) is 0 Å². The predicted octanol–water partition coefficient (Wildman–Crippen LogP) is 1.55. The Balaban J connectivity index is 2.39. The molecule has 1 saturated heterocycles. The van der Waals surface area contributed by atoms with E-state index in [1.54, 1.807) is 13.8 Å². The third-order valence-corrected chi connectivity index (χ3v) is 3.01. The van der Waals surface area contributed by atoms with Crippen molar-refractivity contribution in [3.05, 3.63) is 12.2 Å². The molecule has 4 nitrogen and oxygen atoms in total. The average molecular weight is 210 g/mol. The van der Waals surface area contributed by atoms with Crippen LogP contribution in [0.1, 0.15) is 33.1 Å². The molecule has 2 rings (SSSR count). The van der Waals surface area contributed by atoms with E-state index in [-0.39, 0.29) is 0 Å². The Hall–Kier alpha value is -1.32. The molecule has 0 unspecified atom stereocenters. The molecule has 1 saturated carbocycles. The lowest BCUT2D eigenvalue weighted by molar-refractivity contribution is -0.247. The van der Waals surface area contributed by atoms with Crippen LogP contribution in [0.3, 0.4) is 0 Å². The summed E-state index contributed by atoms with van der Waals surface area (Å²) in [6.45, 7) is 6.88. The van der Waals surface area contributed by atoms with Crippen LogP contribution < -0.4 is 0 Å². The van der Waals surface area contributed by atoms with E-state index in [2.05, 4.69) is 6.58 Å².